The molecule has 0 unspecified atom stereocenters. The van der Waals surface area contributed by atoms with Crippen LogP contribution in [0.25, 0.3) is 0 Å². The van der Waals surface area contributed by atoms with Gasteiger partial charge in [0.25, 0.3) is 0 Å². The Bertz CT molecular complexity index is 441. The average Bonchev–Trinajstić information content (AvgIpc) is 2.83. The van der Waals surface area contributed by atoms with Crippen LogP contribution < -0.4 is 10.6 Å². The molecule has 1 aromatic carbocycles. The van der Waals surface area contributed by atoms with Crippen LogP contribution in [0.5, 0.6) is 0 Å². The predicted octanol–water partition coefficient (Wildman–Crippen LogP) is 3.23. The topological polar surface area (TPSA) is 29.3 Å². The molecule has 0 radical (unpaired) electrons. The summed E-state index contributed by atoms with van der Waals surface area (Å²) in [6, 6.07) is 5.55. The highest BCUT2D eigenvalue weighted by Crippen LogP contribution is 2.31. The Morgan fingerprint density at radius 3 is 2.67 bits per heavy atom. The first kappa shape index (κ1) is 13.3. The number of anilines is 1. The molecular weight excluding hydrogens is 247 g/mol. The standard InChI is InChI=1S/C14H19FN2S/c1-2-17(10-6-3-4-7-10)12-9-5-8-11(15)13(12)14(16)18/h5,8-10H,2-4,6-7H2,1H3,(H2,16,18). The van der Waals surface area contributed by atoms with Crippen molar-refractivity contribution in [2.24, 2.45) is 5.73 Å². The largest absolute Gasteiger partial charge is 0.389 e. The van der Waals surface area contributed by atoms with E-state index in [1.165, 1.54) is 31.7 Å². The number of hydrogen-bond acceptors (Lipinski definition) is 2. The molecule has 1 aliphatic carbocycles. The van der Waals surface area contributed by atoms with Crippen LogP contribution in [0.1, 0.15) is 38.2 Å². The lowest BCUT2D eigenvalue weighted by Gasteiger charge is -2.31. The summed E-state index contributed by atoms with van der Waals surface area (Å²) in [5.74, 6) is -0.323. The Kier molecular flexibility index (Phi) is 4.17. The first-order chi connectivity index (χ1) is 8.65. The van der Waals surface area contributed by atoms with E-state index < -0.39 is 0 Å². The summed E-state index contributed by atoms with van der Waals surface area (Å²) >= 11 is 4.99. The molecule has 1 aromatic rings. The number of nitrogens with two attached hydrogens (primary N) is 1. The zero-order valence-electron chi connectivity index (χ0n) is 10.7. The molecule has 1 aliphatic rings. The number of thiocarbonyl (C=S) groups is 1. The number of rotatable bonds is 4. The molecular formula is C14H19FN2S. The molecule has 2 nitrogen and oxygen atoms in total. The highest BCUT2D eigenvalue weighted by atomic mass is 32.1. The summed E-state index contributed by atoms with van der Waals surface area (Å²) in [4.78, 5) is 2.38. The Balaban J connectivity index is 2.41. The van der Waals surface area contributed by atoms with Gasteiger partial charge in [-0.1, -0.05) is 31.1 Å². The SMILES string of the molecule is CCN(c1cccc(F)c1C(N)=S)C1CCCC1. The van der Waals surface area contributed by atoms with Crippen LogP contribution in [-0.2, 0) is 0 Å². The second kappa shape index (κ2) is 5.65. The van der Waals surface area contributed by atoms with Crippen molar-refractivity contribution in [1.82, 2.24) is 0 Å². The fourth-order valence-corrected chi connectivity index (χ4v) is 3.04. The third-order valence-corrected chi connectivity index (χ3v) is 3.86. The van der Waals surface area contributed by atoms with Crippen molar-refractivity contribution >= 4 is 22.9 Å². The molecule has 1 saturated carbocycles. The first-order valence-electron chi connectivity index (χ1n) is 6.50. The zero-order chi connectivity index (χ0) is 13.1. The van der Waals surface area contributed by atoms with Gasteiger partial charge in [0.15, 0.2) is 0 Å². The second-order valence-corrected chi connectivity index (χ2v) is 5.16. The van der Waals surface area contributed by atoms with E-state index >= 15 is 0 Å². The maximum Gasteiger partial charge on any atom is 0.135 e. The lowest BCUT2D eigenvalue weighted by atomic mass is 10.1. The van der Waals surface area contributed by atoms with Gasteiger partial charge in [-0.3, -0.25) is 0 Å². The number of nitrogens with zero attached hydrogens (tertiary/aromatic N) is 1. The van der Waals surface area contributed by atoms with E-state index in [-0.39, 0.29) is 10.8 Å². The van der Waals surface area contributed by atoms with E-state index in [1.54, 1.807) is 6.07 Å². The number of hydrogen-bond donors (Lipinski definition) is 1. The van der Waals surface area contributed by atoms with E-state index in [0.717, 1.165) is 12.2 Å². The van der Waals surface area contributed by atoms with Crippen molar-refractivity contribution in [2.75, 3.05) is 11.4 Å². The monoisotopic (exact) mass is 266 g/mol. The maximum absolute atomic E-state index is 13.9. The highest BCUT2D eigenvalue weighted by Gasteiger charge is 2.25. The highest BCUT2D eigenvalue weighted by molar-refractivity contribution is 7.80. The van der Waals surface area contributed by atoms with Crippen LogP contribution in [0.3, 0.4) is 0 Å². The molecule has 98 valence electrons. The van der Waals surface area contributed by atoms with Gasteiger partial charge < -0.3 is 10.6 Å². The molecule has 2 rings (SSSR count). The van der Waals surface area contributed by atoms with Gasteiger partial charge in [-0.05, 0) is 31.9 Å². The molecule has 1 fully saturated rings. The second-order valence-electron chi connectivity index (χ2n) is 4.72. The van der Waals surface area contributed by atoms with E-state index in [2.05, 4.69) is 11.8 Å². The van der Waals surface area contributed by atoms with Gasteiger partial charge in [0.05, 0.1) is 11.3 Å². The molecule has 2 N–H and O–H groups in total. The lowest BCUT2D eigenvalue weighted by molar-refractivity contribution is 0.604. The zero-order valence-corrected chi connectivity index (χ0v) is 11.5. The fraction of sp³-hybridized carbons (Fsp3) is 0.500. The number of benzene rings is 1. The van der Waals surface area contributed by atoms with Gasteiger partial charge in [-0.2, -0.15) is 0 Å². The minimum atomic E-state index is -0.323. The lowest BCUT2D eigenvalue weighted by Crippen LogP contribution is -2.35. The van der Waals surface area contributed by atoms with Crippen molar-refractivity contribution < 1.29 is 4.39 Å². The summed E-state index contributed by atoms with van der Waals surface area (Å²) in [5.41, 5.74) is 6.91. The summed E-state index contributed by atoms with van der Waals surface area (Å²) in [6.07, 6.45) is 4.83. The smallest absolute Gasteiger partial charge is 0.135 e. The van der Waals surface area contributed by atoms with Crippen molar-refractivity contribution in [3.63, 3.8) is 0 Å². The minimum Gasteiger partial charge on any atom is -0.389 e. The summed E-state index contributed by atoms with van der Waals surface area (Å²) < 4.78 is 13.9. The van der Waals surface area contributed by atoms with Crippen molar-refractivity contribution in [2.45, 2.75) is 38.6 Å². The molecule has 0 aromatic heterocycles. The maximum atomic E-state index is 13.9. The van der Waals surface area contributed by atoms with Gasteiger partial charge in [0, 0.05) is 12.6 Å². The first-order valence-corrected chi connectivity index (χ1v) is 6.91. The van der Waals surface area contributed by atoms with Gasteiger partial charge in [0.2, 0.25) is 0 Å². The molecule has 18 heavy (non-hydrogen) atoms. The summed E-state index contributed by atoms with van der Waals surface area (Å²) in [7, 11) is 0. The summed E-state index contributed by atoms with van der Waals surface area (Å²) in [5, 5.41) is 0. The quantitative estimate of drug-likeness (QED) is 0.848. The fourth-order valence-electron chi connectivity index (χ4n) is 2.84. The molecule has 0 saturated heterocycles. The van der Waals surface area contributed by atoms with Crippen molar-refractivity contribution in [3.05, 3.63) is 29.6 Å². The van der Waals surface area contributed by atoms with Gasteiger partial charge in [-0.15, -0.1) is 0 Å². The Hall–Kier alpha value is -1.16. The molecule has 0 spiro atoms. The van der Waals surface area contributed by atoms with Crippen LogP contribution in [0, 0.1) is 5.82 Å². The van der Waals surface area contributed by atoms with E-state index in [1.807, 2.05) is 6.07 Å². The van der Waals surface area contributed by atoms with Crippen LogP contribution in [0.4, 0.5) is 10.1 Å². The Morgan fingerprint density at radius 1 is 1.44 bits per heavy atom. The predicted molar refractivity (Wildman–Crippen MR) is 77.6 cm³/mol. The Labute approximate surface area is 113 Å². The molecule has 0 aliphatic heterocycles. The van der Waals surface area contributed by atoms with Crippen LogP contribution >= 0.6 is 12.2 Å². The molecule has 4 heteroatoms. The van der Waals surface area contributed by atoms with Crippen LogP contribution in [0.15, 0.2) is 18.2 Å². The van der Waals surface area contributed by atoms with Gasteiger partial charge in [0.1, 0.15) is 10.8 Å². The average molecular weight is 266 g/mol. The van der Waals surface area contributed by atoms with Gasteiger partial charge >= 0.3 is 0 Å². The molecule has 0 amide bonds. The van der Waals surface area contributed by atoms with E-state index in [9.17, 15) is 4.39 Å². The molecule has 0 atom stereocenters. The summed E-state index contributed by atoms with van der Waals surface area (Å²) in [6.45, 7) is 2.94. The van der Waals surface area contributed by atoms with Gasteiger partial charge in [-0.25, -0.2) is 4.39 Å². The third kappa shape index (κ3) is 2.48. The molecule has 0 heterocycles. The number of halogens is 1. The van der Waals surface area contributed by atoms with E-state index in [4.69, 9.17) is 18.0 Å². The van der Waals surface area contributed by atoms with Crippen LogP contribution in [0.2, 0.25) is 0 Å². The van der Waals surface area contributed by atoms with Crippen molar-refractivity contribution in [3.8, 4) is 0 Å². The third-order valence-electron chi connectivity index (χ3n) is 3.65. The van der Waals surface area contributed by atoms with E-state index in [0.29, 0.717) is 11.6 Å². The minimum absolute atomic E-state index is 0.138. The van der Waals surface area contributed by atoms with Crippen LogP contribution in [-0.4, -0.2) is 17.6 Å². The molecule has 0 bridgehead atoms. The van der Waals surface area contributed by atoms with Crippen molar-refractivity contribution in [1.29, 1.82) is 0 Å². The Morgan fingerprint density at radius 2 is 2.11 bits per heavy atom. The normalized spacial score (nSPS) is 15.9.